The molecule has 0 radical (unpaired) electrons. The van der Waals surface area contributed by atoms with Crippen molar-refractivity contribution in [1.29, 1.82) is 0 Å². The highest BCUT2D eigenvalue weighted by molar-refractivity contribution is 5.77. The van der Waals surface area contributed by atoms with Crippen LogP contribution in [-0.4, -0.2) is 35.6 Å². The molecular weight excluding hydrogens is 208 g/mol. The second-order valence-corrected chi connectivity index (χ2v) is 3.19. The Morgan fingerprint density at radius 2 is 2.19 bits per heavy atom. The molecule has 0 aromatic carbocycles. The Balaban J connectivity index is 2.39. The number of carbonyl (C=O) groups is 1. The van der Waals surface area contributed by atoms with Crippen LogP contribution in [-0.2, 0) is 12.8 Å². The summed E-state index contributed by atoms with van der Waals surface area (Å²) in [7, 11) is 0. The Labute approximate surface area is 92.1 Å². The van der Waals surface area contributed by atoms with Crippen molar-refractivity contribution < 1.29 is 4.79 Å². The molecule has 0 N–H and O–H groups in total. The van der Waals surface area contributed by atoms with E-state index in [9.17, 15) is 4.79 Å². The molecule has 84 valence electrons. The zero-order valence-corrected chi connectivity index (χ0v) is 9.16. The van der Waals surface area contributed by atoms with Gasteiger partial charge in [-0.25, -0.2) is 14.8 Å². The summed E-state index contributed by atoms with van der Waals surface area (Å²) in [5.41, 5.74) is 0. The van der Waals surface area contributed by atoms with Crippen molar-refractivity contribution in [2.45, 2.75) is 26.7 Å². The molecule has 0 amide bonds. The van der Waals surface area contributed by atoms with E-state index in [2.05, 4.69) is 20.2 Å². The van der Waals surface area contributed by atoms with E-state index in [1.54, 1.807) is 0 Å². The predicted molar refractivity (Wildman–Crippen MR) is 55.0 cm³/mol. The fourth-order valence-corrected chi connectivity index (χ4v) is 1.33. The van der Waals surface area contributed by atoms with Gasteiger partial charge in [0.05, 0.1) is 0 Å². The van der Waals surface area contributed by atoms with Gasteiger partial charge in [-0.2, -0.15) is 14.5 Å². The minimum Gasteiger partial charge on any atom is -0.243 e. The van der Waals surface area contributed by atoms with Crippen molar-refractivity contribution >= 4 is 6.03 Å². The molecule has 2 heterocycles. The van der Waals surface area contributed by atoms with Gasteiger partial charge in [0.2, 0.25) is 0 Å². The van der Waals surface area contributed by atoms with Crippen LogP contribution in [0.25, 0.3) is 0 Å². The number of aryl methyl sites for hydroxylation is 2. The van der Waals surface area contributed by atoms with Crippen LogP contribution in [0.3, 0.4) is 0 Å². The molecule has 0 bridgehead atoms. The molecule has 16 heavy (non-hydrogen) atoms. The zero-order valence-electron chi connectivity index (χ0n) is 9.16. The molecule has 2 aromatic rings. The van der Waals surface area contributed by atoms with Crippen LogP contribution in [0, 0.1) is 0 Å². The molecular formula is C9H12N6O. The van der Waals surface area contributed by atoms with E-state index >= 15 is 0 Å². The van der Waals surface area contributed by atoms with Crippen molar-refractivity contribution in [3.05, 3.63) is 24.3 Å². The number of hydrogen-bond donors (Lipinski definition) is 0. The maximum atomic E-state index is 11.9. The van der Waals surface area contributed by atoms with Crippen LogP contribution in [0.1, 0.15) is 25.5 Å². The second-order valence-electron chi connectivity index (χ2n) is 3.19. The van der Waals surface area contributed by atoms with Crippen LogP contribution < -0.4 is 0 Å². The van der Waals surface area contributed by atoms with Gasteiger partial charge in [-0.1, -0.05) is 13.8 Å². The number of hydrogen-bond acceptors (Lipinski definition) is 5. The molecule has 0 aliphatic carbocycles. The largest absolute Gasteiger partial charge is 0.372 e. The Morgan fingerprint density at radius 3 is 2.75 bits per heavy atom. The molecule has 0 aliphatic heterocycles. The van der Waals surface area contributed by atoms with E-state index in [1.165, 1.54) is 17.3 Å². The van der Waals surface area contributed by atoms with Crippen molar-refractivity contribution in [2.24, 2.45) is 0 Å². The molecule has 0 atom stereocenters. The lowest BCUT2D eigenvalue weighted by Gasteiger charge is -2.00. The van der Waals surface area contributed by atoms with E-state index in [0.717, 1.165) is 4.68 Å². The van der Waals surface area contributed by atoms with Gasteiger partial charge < -0.3 is 0 Å². The van der Waals surface area contributed by atoms with E-state index in [4.69, 9.17) is 0 Å². The number of rotatable bonds is 2. The fourth-order valence-electron chi connectivity index (χ4n) is 1.33. The van der Waals surface area contributed by atoms with Crippen LogP contribution >= 0.6 is 0 Å². The monoisotopic (exact) mass is 220 g/mol. The van der Waals surface area contributed by atoms with Crippen molar-refractivity contribution in [3.8, 4) is 0 Å². The van der Waals surface area contributed by atoms with E-state index < -0.39 is 0 Å². The SMILES string of the molecule is CCc1nc(CC)n(C(=O)n2cncn2)n1. The average molecular weight is 220 g/mol. The summed E-state index contributed by atoms with van der Waals surface area (Å²) in [5, 5.41) is 7.89. The smallest absolute Gasteiger partial charge is 0.243 e. The van der Waals surface area contributed by atoms with Gasteiger partial charge in [-0.15, -0.1) is 5.10 Å². The third-order valence-corrected chi connectivity index (χ3v) is 2.15. The van der Waals surface area contributed by atoms with Gasteiger partial charge in [-0.3, -0.25) is 0 Å². The highest BCUT2D eigenvalue weighted by atomic mass is 16.2. The zero-order chi connectivity index (χ0) is 11.5. The summed E-state index contributed by atoms with van der Waals surface area (Å²) >= 11 is 0. The van der Waals surface area contributed by atoms with Crippen molar-refractivity contribution in [3.63, 3.8) is 0 Å². The molecule has 0 unspecified atom stereocenters. The van der Waals surface area contributed by atoms with E-state index in [-0.39, 0.29) is 6.03 Å². The van der Waals surface area contributed by atoms with Gasteiger partial charge in [-0.05, 0) is 0 Å². The minimum atomic E-state index is -0.360. The number of carbonyl (C=O) groups excluding carboxylic acids is 1. The molecule has 7 heteroatoms. The Kier molecular flexibility index (Phi) is 2.76. The molecule has 7 nitrogen and oxygen atoms in total. The summed E-state index contributed by atoms with van der Waals surface area (Å²) in [6.07, 6.45) is 3.99. The Hall–Kier alpha value is -2.05. The van der Waals surface area contributed by atoms with Crippen LogP contribution in [0.15, 0.2) is 12.7 Å². The number of aromatic nitrogens is 6. The first-order valence-electron chi connectivity index (χ1n) is 5.10. The van der Waals surface area contributed by atoms with Crippen LogP contribution in [0.4, 0.5) is 4.79 Å². The molecule has 0 aliphatic rings. The Morgan fingerprint density at radius 1 is 1.38 bits per heavy atom. The van der Waals surface area contributed by atoms with Gasteiger partial charge >= 0.3 is 6.03 Å². The first-order chi connectivity index (χ1) is 7.76. The quantitative estimate of drug-likeness (QED) is 0.736. The Bertz CT molecular complexity index is 486. The van der Waals surface area contributed by atoms with Gasteiger partial charge in [0, 0.05) is 12.8 Å². The normalized spacial score (nSPS) is 10.6. The second kappa shape index (κ2) is 4.21. The average Bonchev–Trinajstić information content (AvgIpc) is 2.96. The standard InChI is InChI=1S/C9H12N6O/c1-3-7-12-8(4-2)15(13-7)9(16)14-6-10-5-11-14/h5-6H,3-4H2,1-2H3. The first kappa shape index (κ1) is 10.5. The molecule has 0 saturated heterocycles. The lowest BCUT2D eigenvalue weighted by Crippen LogP contribution is -2.23. The highest BCUT2D eigenvalue weighted by Crippen LogP contribution is 2.01. The van der Waals surface area contributed by atoms with Gasteiger partial charge in [0.15, 0.2) is 5.82 Å². The van der Waals surface area contributed by atoms with E-state index in [0.29, 0.717) is 24.5 Å². The summed E-state index contributed by atoms with van der Waals surface area (Å²) in [5.74, 6) is 1.29. The lowest BCUT2D eigenvalue weighted by molar-refractivity contribution is 0.237. The molecule has 2 aromatic heterocycles. The summed E-state index contributed by atoms with van der Waals surface area (Å²) < 4.78 is 2.40. The maximum absolute atomic E-state index is 11.9. The minimum absolute atomic E-state index is 0.360. The predicted octanol–water partition coefficient (Wildman–Crippen LogP) is 0.511. The van der Waals surface area contributed by atoms with Crippen LogP contribution in [0.2, 0.25) is 0 Å². The molecule has 0 fully saturated rings. The molecule has 2 rings (SSSR count). The summed E-state index contributed by atoms with van der Waals surface area (Å²) in [6, 6.07) is -0.360. The van der Waals surface area contributed by atoms with E-state index in [1.807, 2.05) is 13.8 Å². The number of nitrogens with zero attached hydrogens (tertiary/aromatic N) is 6. The topological polar surface area (TPSA) is 78.5 Å². The third kappa shape index (κ3) is 1.71. The van der Waals surface area contributed by atoms with Gasteiger partial charge in [0.1, 0.15) is 18.5 Å². The summed E-state index contributed by atoms with van der Waals surface area (Å²) in [6.45, 7) is 3.87. The lowest BCUT2D eigenvalue weighted by atomic mass is 10.4. The third-order valence-electron chi connectivity index (χ3n) is 2.15. The van der Waals surface area contributed by atoms with Crippen LogP contribution in [0.5, 0.6) is 0 Å². The fraction of sp³-hybridized carbons (Fsp3) is 0.444. The molecule has 0 saturated carbocycles. The first-order valence-corrected chi connectivity index (χ1v) is 5.10. The molecule has 0 spiro atoms. The highest BCUT2D eigenvalue weighted by Gasteiger charge is 2.15. The van der Waals surface area contributed by atoms with Crippen molar-refractivity contribution in [2.75, 3.05) is 0 Å². The summed E-state index contributed by atoms with van der Waals surface area (Å²) in [4.78, 5) is 19.9. The van der Waals surface area contributed by atoms with Crippen molar-refractivity contribution in [1.82, 2.24) is 29.5 Å². The maximum Gasteiger partial charge on any atom is 0.372 e. The van der Waals surface area contributed by atoms with Gasteiger partial charge in [0.25, 0.3) is 0 Å².